The number of imidazole rings is 1. The fourth-order valence-corrected chi connectivity index (χ4v) is 0.856. The van der Waals surface area contributed by atoms with Gasteiger partial charge in [0.25, 0.3) is 5.91 Å². The van der Waals surface area contributed by atoms with Gasteiger partial charge in [0.2, 0.25) is 6.33 Å². The molecule has 1 aromatic rings. The third kappa shape index (κ3) is 3.36. The Bertz CT molecular complexity index is 426. The molecule has 0 bridgehead atoms. The van der Waals surface area contributed by atoms with Crippen molar-refractivity contribution in [2.75, 3.05) is 0 Å². The van der Waals surface area contributed by atoms with E-state index in [1.165, 1.54) is 4.57 Å². The standard InChI is InChI=1S/C7H8N4O5/c1-5(12)16-9-7(13)3-10-2-6(8-4-10)11(14)15/h2,4H,3H2,1H3,(H,9,13). The highest BCUT2D eigenvalue weighted by molar-refractivity contribution is 5.77. The number of carbonyl (C=O) groups excluding carboxylic acids is 2. The van der Waals surface area contributed by atoms with E-state index >= 15 is 0 Å². The largest absolute Gasteiger partial charge is 0.381 e. The fraction of sp³-hybridized carbons (Fsp3) is 0.286. The van der Waals surface area contributed by atoms with Gasteiger partial charge in [-0.15, -0.1) is 0 Å². The average molecular weight is 228 g/mol. The van der Waals surface area contributed by atoms with Crippen LogP contribution < -0.4 is 5.48 Å². The van der Waals surface area contributed by atoms with Crippen molar-refractivity contribution < 1.29 is 19.3 Å². The van der Waals surface area contributed by atoms with Crippen molar-refractivity contribution in [2.24, 2.45) is 0 Å². The molecule has 0 aliphatic rings. The lowest BCUT2D eigenvalue weighted by Gasteiger charge is -2.02. The highest BCUT2D eigenvalue weighted by Gasteiger charge is 2.12. The highest BCUT2D eigenvalue weighted by atomic mass is 16.7. The van der Waals surface area contributed by atoms with Gasteiger partial charge in [-0.1, -0.05) is 0 Å². The number of amides is 1. The Labute approximate surface area is 89.1 Å². The minimum absolute atomic E-state index is 0.228. The Morgan fingerprint density at radius 3 is 2.88 bits per heavy atom. The van der Waals surface area contributed by atoms with Crippen LogP contribution in [0.1, 0.15) is 6.92 Å². The van der Waals surface area contributed by atoms with Crippen LogP contribution in [0.4, 0.5) is 5.82 Å². The molecule has 86 valence electrons. The van der Waals surface area contributed by atoms with Crippen LogP contribution in [0.25, 0.3) is 0 Å². The van der Waals surface area contributed by atoms with Crippen molar-refractivity contribution in [1.82, 2.24) is 15.0 Å². The van der Waals surface area contributed by atoms with Gasteiger partial charge < -0.3 is 19.5 Å². The minimum atomic E-state index is -0.680. The molecule has 1 heterocycles. The molecule has 9 heteroatoms. The third-order valence-corrected chi connectivity index (χ3v) is 1.44. The number of hydroxylamine groups is 1. The summed E-state index contributed by atoms with van der Waals surface area (Å²) in [5, 5.41) is 10.3. The minimum Gasteiger partial charge on any atom is -0.358 e. The monoisotopic (exact) mass is 228 g/mol. The first-order chi connectivity index (χ1) is 7.49. The number of rotatable bonds is 3. The zero-order valence-corrected chi connectivity index (χ0v) is 8.24. The first kappa shape index (κ1) is 11.6. The van der Waals surface area contributed by atoms with Gasteiger partial charge in [0.15, 0.2) is 0 Å². The summed E-state index contributed by atoms with van der Waals surface area (Å²) < 4.78 is 1.19. The van der Waals surface area contributed by atoms with E-state index in [4.69, 9.17) is 0 Å². The third-order valence-electron chi connectivity index (χ3n) is 1.44. The number of carbonyl (C=O) groups is 2. The van der Waals surface area contributed by atoms with Crippen LogP contribution >= 0.6 is 0 Å². The predicted molar refractivity (Wildman–Crippen MR) is 48.8 cm³/mol. The Kier molecular flexibility index (Phi) is 3.53. The number of hydrogen-bond acceptors (Lipinski definition) is 6. The van der Waals surface area contributed by atoms with Crippen molar-refractivity contribution in [3.8, 4) is 0 Å². The van der Waals surface area contributed by atoms with Crippen molar-refractivity contribution in [1.29, 1.82) is 0 Å². The van der Waals surface area contributed by atoms with Crippen molar-refractivity contribution >= 4 is 17.7 Å². The van der Waals surface area contributed by atoms with Crippen LogP contribution in [0, 0.1) is 10.1 Å². The molecule has 0 aliphatic heterocycles. The number of nitro groups is 1. The molecule has 1 aromatic heterocycles. The molecule has 0 aliphatic carbocycles. The Morgan fingerprint density at radius 2 is 2.38 bits per heavy atom. The highest BCUT2D eigenvalue weighted by Crippen LogP contribution is 2.04. The SMILES string of the molecule is CC(=O)ONC(=O)Cn1cnc([N+](=O)[O-])c1. The molecular weight excluding hydrogens is 220 g/mol. The van der Waals surface area contributed by atoms with E-state index in [2.05, 4.69) is 9.82 Å². The quantitative estimate of drug-likeness (QED) is 0.544. The van der Waals surface area contributed by atoms with Crippen LogP contribution in [0.5, 0.6) is 0 Å². The molecule has 0 fully saturated rings. The maximum atomic E-state index is 11.1. The van der Waals surface area contributed by atoms with Crippen LogP contribution in [-0.2, 0) is 21.0 Å². The number of hydrogen-bond donors (Lipinski definition) is 1. The van der Waals surface area contributed by atoms with Gasteiger partial charge >= 0.3 is 11.8 Å². The Morgan fingerprint density at radius 1 is 1.69 bits per heavy atom. The zero-order valence-electron chi connectivity index (χ0n) is 8.24. The molecule has 0 saturated heterocycles. The average Bonchev–Trinajstić information content (AvgIpc) is 2.63. The molecule has 0 atom stereocenters. The van der Waals surface area contributed by atoms with E-state index in [0.29, 0.717) is 0 Å². The summed E-state index contributed by atoms with van der Waals surface area (Å²) in [6, 6.07) is 0. The first-order valence-corrected chi connectivity index (χ1v) is 4.11. The van der Waals surface area contributed by atoms with Crippen molar-refractivity contribution in [3.05, 3.63) is 22.6 Å². The maximum Gasteiger partial charge on any atom is 0.381 e. The van der Waals surface area contributed by atoms with E-state index in [-0.39, 0.29) is 12.4 Å². The van der Waals surface area contributed by atoms with E-state index in [1.54, 1.807) is 0 Å². The molecule has 16 heavy (non-hydrogen) atoms. The molecule has 0 spiro atoms. The summed E-state index contributed by atoms with van der Waals surface area (Å²) >= 11 is 0. The summed E-state index contributed by atoms with van der Waals surface area (Å²) in [4.78, 5) is 38.7. The summed E-state index contributed by atoms with van der Waals surface area (Å²) in [5.74, 6) is -1.65. The summed E-state index contributed by atoms with van der Waals surface area (Å²) in [6.45, 7) is 0.899. The van der Waals surface area contributed by atoms with Gasteiger partial charge in [0, 0.05) is 6.92 Å². The first-order valence-electron chi connectivity index (χ1n) is 4.11. The smallest absolute Gasteiger partial charge is 0.358 e. The van der Waals surface area contributed by atoms with Crippen molar-refractivity contribution in [2.45, 2.75) is 13.5 Å². The van der Waals surface area contributed by atoms with E-state index in [0.717, 1.165) is 19.4 Å². The van der Waals surface area contributed by atoms with Gasteiger partial charge in [0.1, 0.15) is 12.7 Å². The molecule has 9 nitrogen and oxygen atoms in total. The second-order valence-corrected chi connectivity index (χ2v) is 2.78. The van der Waals surface area contributed by atoms with E-state index in [9.17, 15) is 19.7 Å². The topological polar surface area (TPSA) is 116 Å². The zero-order chi connectivity index (χ0) is 12.1. The molecule has 0 unspecified atom stereocenters. The Hall–Kier alpha value is -2.45. The fourth-order valence-electron chi connectivity index (χ4n) is 0.856. The molecular formula is C7H8N4O5. The molecule has 1 rings (SSSR count). The molecule has 0 aromatic carbocycles. The van der Waals surface area contributed by atoms with Crippen molar-refractivity contribution in [3.63, 3.8) is 0 Å². The van der Waals surface area contributed by atoms with Gasteiger partial charge in [0.05, 0.1) is 0 Å². The summed E-state index contributed by atoms with van der Waals surface area (Å²) in [5.41, 5.74) is 1.86. The van der Waals surface area contributed by atoms with Gasteiger partial charge in [-0.3, -0.25) is 9.59 Å². The number of nitrogens with one attached hydrogen (secondary N) is 1. The molecule has 1 amide bonds. The molecule has 0 radical (unpaired) electrons. The second kappa shape index (κ2) is 4.87. The van der Waals surface area contributed by atoms with Crippen LogP contribution in [-0.4, -0.2) is 26.4 Å². The lowest BCUT2D eigenvalue weighted by molar-refractivity contribution is -0.389. The molecule has 1 N–H and O–H groups in total. The lowest BCUT2D eigenvalue weighted by atomic mass is 10.6. The predicted octanol–water partition coefficient (Wildman–Crippen LogP) is -0.614. The van der Waals surface area contributed by atoms with Crippen LogP contribution in [0.2, 0.25) is 0 Å². The lowest BCUT2D eigenvalue weighted by Crippen LogP contribution is -2.29. The van der Waals surface area contributed by atoms with Gasteiger partial charge in [-0.2, -0.15) is 5.48 Å². The van der Waals surface area contributed by atoms with Crippen LogP contribution in [0.3, 0.4) is 0 Å². The van der Waals surface area contributed by atoms with Gasteiger partial charge in [-0.05, 0) is 9.91 Å². The normalized spacial score (nSPS) is 9.56. The summed E-state index contributed by atoms with van der Waals surface area (Å²) in [6.07, 6.45) is 2.22. The second-order valence-electron chi connectivity index (χ2n) is 2.78. The van der Waals surface area contributed by atoms with E-state index < -0.39 is 16.8 Å². The van der Waals surface area contributed by atoms with E-state index in [1.807, 2.05) is 5.48 Å². The van der Waals surface area contributed by atoms with Crippen LogP contribution in [0.15, 0.2) is 12.5 Å². The number of aromatic nitrogens is 2. The maximum absolute atomic E-state index is 11.1. The number of nitrogens with zero attached hydrogens (tertiary/aromatic N) is 3. The van der Waals surface area contributed by atoms with Gasteiger partial charge in [-0.25, -0.2) is 0 Å². The summed E-state index contributed by atoms with van der Waals surface area (Å²) in [7, 11) is 0. The Balaban J connectivity index is 2.49. The molecule has 0 saturated carbocycles.